The number of hydrogen-bond acceptors (Lipinski definition) is 5. The number of pyridine rings is 2. The first-order valence-electron chi connectivity index (χ1n) is 11.2. The van der Waals surface area contributed by atoms with E-state index in [9.17, 15) is 4.79 Å². The van der Waals surface area contributed by atoms with Crippen molar-refractivity contribution in [2.75, 3.05) is 0 Å². The van der Waals surface area contributed by atoms with Gasteiger partial charge in [0.2, 0.25) is 5.88 Å². The molecule has 1 fully saturated rings. The highest BCUT2D eigenvalue weighted by atomic mass is 16.6. The Morgan fingerprint density at radius 3 is 2.55 bits per heavy atom. The van der Waals surface area contributed by atoms with E-state index in [1.165, 1.54) is 10.9 Å². The largest absolute Gasteiger partial charge is 0.474 e. The van der Waals surface area contributed by atoms with Crippen LogP contribution in [0.4, 0.5) is 4.79 Å². The number of amides is 1. The van der Waals surface area contributed by atoms with Gasteiger partial charge in [-0.3, -0.25) is 4.98 Å². The SMILES string of the molecule is Cn1c2ccncc2c2ccc(-c3ccc(O[C@H]4C[C@H](NC(=O)OC(C)(C)C)C4)nc3)cc21. The Balaban J connectivity index is 1.23. The molecule has 4 aromatic rings. The molecular formula is C26H28N4O3. The zero-order chi connectivity index (χ0) is 23.2. The molecule has 33 heavy (non-hydrogen) atoms. The topological polar surface area (TPSA) is 78.3 Å². The Morgan fingerprint density at radius 2 is 1.82 bits per heavy atom. The third-order valence-corrected chi connectivity index (χ3v) is 5.98. The van der Waals surface area contributed by atoms with Crippen molar-refractivity contribution >= 4 is 27.9 Å². The molecule has 7 heteroatoms. The van der Waals surface area contributed by atoms with Crippen LogP contribution in [0.5, 0.6) is 5.88 Å². The molecule has 0 atom stereocenters. The van der Waals surface area contributed by atoms with Crippen LogP contribution in [0.1, 0.15) is 33.6 Å². The molecule has 0 spiro atoms. The summed E-state index contributed by atoms with van der Waals surface area (Å²) in [4.78, 5) is 20.6. The van der Waals surface area contributed by atoms with Crippen molar-refractivity contribution < 1.29 is 14.3 Å². The molecule has 7 nitrogen and oxygen atoms in total. The minimum absolute atomic E-state index is 0.0454. The number of aromatic nitrogens is 3. The fourth-order valence-corrected chi connectivity index (χ4v) is 4.28. The van der Waals surface area contributed by atoms with E-state index >= 15 is 0 Å². The number of aryl methyl sites for hydroxylation is 1. The van der Waals surface area contributed by atoms with E-state index < -0.39 is 5.60 Å². The fraction of sp³-hybridized carbons (Fsp3) is 0.346. The van der Waals surface area contributed by atoms with Gasteiger partial charge in [-0.15, -0.1) is 0 Å². The summed E-state index contributed by atoms with van der Waals surface area (Å²) in [5.41, 5.74) is 3.97. The van der Waals surface area contributed by atoms with Crippen LogP contribution < -0.4 is 10.1 Å². The second kappa shape index (κ2) is 8.06. The third-order valence-electron chi connectivity index (χ3n) is 5.98. The molecule has 0 aliphatic heterocycles. The van der Waals surface area contributed by atoms with E-state index in [0.29, 0.717) is 5.88 Å². The van der Waals surface area contributed by atoms with Crippen LogP contribution in [0.2, 0.25) is 0 Å². The second-order valence-corrected chi connectivity index (χ2v) is 9.62. The van der Waals surface area contributed by atoms with Crippen molar-refractivity contribution in [3.8, 4) is 17.0 Å². The summed E-state index contributed by atoms with van der Waals surface area (Å²) in [5, 5.41) is 5.23. The molecule has 5 rings (SSSR count). The average molecular weight is 445 g/mol. The Kier molecular flexibility index (Phi) is 5.19. The maximum Gasteiger partial charge on any atom is 0.407 e. The van der Waals surface area contributed by atoms with Gasteiger partial charge in [0.25, 0.3) is 0 Å². The van der Waals surface area contributed by atoms with E-state index in [-0.39, 0.29) is 18.2 Å². The van der Waals surface area contributed by atoms with Crippen LogP contribution >= 0.6 is 0 Å². The molecule has 1 aliphatic carbocycles. The number of hydrogen-bond donors (Lipinski definition) is 1. The number of nitrogens with one attached hydrogen (secondary N) is 1. The predicted molar refractivity (Wildman–Crippen MR) is 128 cm³/mol. The third kappa shape index (κ3) is 4.35. The van der Waals surface area contributed by atoms with E-state index in [0.717, 1.165) is 34.9 Å². The van der Waals surface area contributed by atoms with Crippen molar-refractivity contribution in [1.29, 1.82) is 0 Å². The maximum absolute atomic E-state index is 11.9. The van der Waals surface area contributed by atoms with Crippen LogP contribution in [-0.2, 0) is 11.8 Å². The van der Waals surface area contributed by atoms with Gasteiger partial charge in [-0.25, -0.2) is 9.78 Å². The first-order chi connectivity index (χ1) is 15.8. The summed E-state index contributed by atoms with van der Waals surface area (Å²) in [6, 6.07) is 12.5. The molecule has 1 N–H and O–H groups in total. The number of benzene rings is 1. The first-order valence-corrected chi connectivity index (χ1v) is 11.2. The average Bonchev–Trinajstić information content (AvgIpc) is 3.03. The van der Waals surface area contributed by atoms with E-state index in [4.69, 9.17) is 9.47 Å². The normalized spacial score (nSPS) is 18.2. The molecule has 1 saturated carbocycles. The Morgan fingerprint density at radius 1 is 1.03 bits per heavy atom. The summed E-state index contributed by atoms with van der Waals surface area (Å²) in [7, 11) is 2.08. The standard InChI is InChI=1S/C26H28N4O3/c1-26(2,3)33-25(31)29-18-12-19(13-18)32-24-8-6-17(14-28-24)16-5-7-20-21-15-27-10-9-22(21)30(4)23(20)11-16/h5-11,14-15,18-19H,12-13H2,1-4H3,(H,29,31)/t18-,19-. The number of fused-ring (bicyclic) bond motifs is 3. The van der Waals surface area contributed by atoms with Gasteiger partial charge in [-0.2, -0.15) is 0 Å². The summed E-state index contributed by atoms with van der Waals surface area (Å²) in [6.45, 7) is 5.56. The van der Waals surface area contributed by atoms with Crippen molar-refractivity contribution in [1.82, 2.24) is 19.9 Å². The quantitative estimate of drug-likeness (QED) is 0.467. The highest BCUT2D eigenvalue weighted by molar-refractivity contribution is 6.08. The number of ether oxygens (including phenoxy) is 2. The zero-order valence-electron chi connectivity index (χ0n) is 19.3. The molecule has 0 unspecified atom stereocenters. The van der Waals surface area contributed by atoms with Gasteiger partial charge < -0.3 is 19.4 Å². The molecule has 3 aromatic heterocycles. The van der Waals surface area contributed by atoms with Crippen LogP contribution in [0.25, 0.3) is 32.9 Å². The van der Waals surface area contributed by atoms with Crippen molar-refractivity contribution in [2.45, 2.75) is 51.4 Å². The number of carbonyl (C=O) groups excluding carboxylic acids is 1. The Hall–Kier alpha value is -3.61. The molecule has 1 amide bonds. The van der Waals surface area contributed by atoms with Gasteiger partial charge in [0.05, 0.1) is 5.52 Å². The monoisotopic (exact) mass is 444 g/mol. The maximum atomic E-state index is 11.9. The lowest BCUT2D eigenvalue weighted by molar-refractivity contribution is 0.0355. The Labute approximate surface area is 192 Å². The molecule has 0 saturated heterocycles. The number of nitrogens with zero attached hydrogens (tertiary/aromatic N) is 3. The zero-order valence-corrected chi connectivity index (χ0v) is 19.3. The van der Waals surface area contributed by atoms with Crippen LogP contribution in [0, 0.1) is 0 Å². The van der Waals surface area contributed by atoms with Gasteiger partial charge >= 0.3 is 6.09 Å². The van der Waals surface area contributed by atoms with Gasteiger partial charge in [-0.1, -0.05) is 12.1 Å². The highest BCUT2D eigenvalue weighted by Gasteiger charge is 2.33. The lowest BCUT2D eigenvalue weighted by atomic mass is 9.89. The number of carbonyl (C=O) groups is 1. The fourth-order valence-electron chi connectivity index (χ4n) is 4.28. The van der Waals surface area contributed by atoms with Gasteiger partial charge in [0.15, 0.2) is 0 Å². The van der Waals surface area contributed by atoms with Crippen LogP contribution in [-0.4, -0.2) is 38.4 Å². The summed E-state index contributed by atoms with van der Waals surface area (Å²) >= 11 is 0. The van der Waals surface area contributed by atoms with Crippen LogP contribution in [0.3, 0.4) is 0 Å². The van der Waals surface area contributed by atoms with Gasteiger partial charge in [0, 0.05) is 72.4 Å². The molecule has 0 radical (unpaired) electrons. The predicted octanol–water partition coefficient (Wildman–Crippen LogP) is 5.22. The number of rotatable bonds is 4. The van der Waals surface area contributed by atoms with E-state index in [2.05, 4.69) is 45.1 Å². The molecule has 3 heterocycles. The minimum Gasteiger partial charge on any atom is -0.474 e. The summed E-state index contributed by atoms with van der Waals surface area (Å²) in [6.07, 6.45) is 6.74. The van der Waals surface area contributed by atoms with Gasteiger partial charge in [-0.05, 0) is 44.5 Å². The Bertz CT molecular complexity index is 1320. The van der Waals surface area contributed by atoms with Crippen LogP contribution in [0.15, 0.2) is 55.0 Å². The highest BCUT2D eigenvalue weighted by Crippen LogP contribution is 2.32. The summed E-state index contributed by atoms with van der Waals surface area (Å²) < 4.78 is 13.5. The number of alkyl carbamates (subject to hydrolysis) is 1. The molecule has 1 aromatic carbocycles. The molecule has 0 bridgehead atoms. The van der Waals surface area contributed by atoms with Crippen molar-refractivity contribution in [3.05, 3.63) is 55.0 Å². The van der Waals surface area contributed by atoms with E-state index in [1.807, 2.05) is 57.6 Å². The van der Waals surface area contributed by atoms with Crippen molar-refractivity contribution in [3.63, 3.8) is 0 Å². The van der Waals surface area contributed by atoms with E-state index in [1.54, 1.807) is 0 Å². The molecule has 1 aliphatic rings. The molecular weight excluding hydrogens is 416 g/mol. The molecule has 170 valence electrons. The second-order valence-electron chi connectivity index (χ2n) is 9.62. The minimum atomic E-state index is -0.495. The summed E-state index contributed by atoms with van der Waals surface area (Å²) in [5.74, 6) is 0.594. The smallest absolute Gasteiger partial charge is 0.407 e. The van der Waals surface area contributed by atoms with Gasteiger partial charge in [0.1, 0.15) is 11.7 Å². The lowest BCUT2D eigenvalue weighted by Gasteiger charge is -2.35. The lowest BCUT2D eigenvalue weighted by Crippen LogP contribution is -2.50. The van der Waals surface area contributed by atoms with Crippen molar-refractivity contribution in [2.24, 2.45) is 7.05 Å². The first kappa shape index (κ1) is 21.2.